The maximum Gasteiger partial charge on any atom is 0.525 e. The Morgan fingerprint density at radius 1 is 1.36 bits per heavy atom. The molecule has 136 valence electrons. The summed E-state index contributed by atoms with van der Waals surface area (Å²) in [5, 5.41) is 7.99. The first-order chi connectivity index (χ1) is 11.6. The molecule has 0 aromatic carbocycles. The monoisotopic (exact) mass is 350 g/mol. The van der Waals surface area contributed by atoms with Crippen molar-refractivity contribution in [2.45, 2.75) is 52.4 Å². The molecule has 2 fully saturated rings. The third-order valence-electron chi connectivity index (χ3n) is 5.17. The number of carbonyl (C=O) groups excluding carboxylic acids is 1. The fourth-order valence-corrected chi connectivity index (χ4v) is 2.84. The molecule has 1 aromatic heterocycles. The van der Waals surface area contributed by atoms with Gasteiger partial charge in [0, 0.05) is 32.5 Å². The van der Waals surface area contributed by atoms with Crippen molar-refractivity contribution < 1.29 is 18.5 Å². The van der Waals surface area contributed by atoms with Gasteiger partial charge in [0.2, 0.25) is 5.91 Å². The lowest BCUT2D eigenvalue weighted by molar-refractivity contribution is -0.135. The number of amides is 1. The second-order valence-corrected chi connectivity index (χ2v) is 7.77. The van der Waals surface area contributed by atoms with E-state index >= 15 is 0 Å². The number of carbonyl (C=O) groups is 1. The van der Waals surface area contributed by atoms with Crippen LogP contribution >= 0.6 is 0 Å². The van der Waals surface area contributed by atoms with Gasteiger partial charge in [-0.3, -0.25) is 9.48 Å². The zero-order valence-corrected chi connectivity index (χ0v) is 15.3. The highest BCUT2D eigenvalue weighted by Gasteiger charge is 2.53. The van der Waals surface area contributed by atoms with Gasteiger partial charge in [0.1, 0.15) is 11.4 Å². The molecule has 0 aliphatic carbocycles. The quantitative estimate of drug-likeness (QED) is 0.773. The number of halogens is 1. The van der Waals surface area contributed by atoms with E-state index in [1.807, 2.05) is 27.7 Å². The zero-order valence-electron chi connectivity index (χ0n) is 15.3. The smallest absolute Gasteiger partial charge is 0.398 e. The summed E-state index contributed by atoms with van der Waals surface area (Å²) in [6, 6.07) is 0. The third kappa shape index (κ3) is 3.62. The minimum absolute atomic E-state index is 0.0861. The van der Waals surface area contributed by atoms with E-state index in [-0.39, 0.29) is 5.91 Å². The minimum Gasteiger partial charge on any atom is -0.398 e. The molecule has 1 amide bonds. The largest absolute Gasteiger partial charge is 0.525 e. The Morgan fingerprint density at radius 3 is 2.52 bits per heavy atom. The van der Waals surface area contributed by atoms with Crippen molar-refractivity contribution in [1.29, 1.82) is 0 Å². The van der Waals surface area contributed by atoms with E-state index in [0.29, 0.717) is 18.2 Å². The first-order valence-corrected chi connectivity index (χ1v) is 8.46. The highest BCUT2D eigenvalue weighted by atomic mass is 19.1. The zero-order chi connectivity index (χ0) is 18.4. The highest BCUT2D eigenvalue weighted by molar-refractivity contribution is 6.54. The SMILES string of the molecule is CC(=O)N1CC(Cn2cc(C=C(F)B3OC(C)(C)C(C)(C)O3)nn2)C1. The molecule has 2 saturated heterocycles. The van der Waals surface area contributed by atoms with Gasteiger partial charge in [0.05, 0.1) is 17.4 Å². The van der Waals surface area contributed by atoms with Gasteiger partial charge in [0.25, 0.3) is 0 Å². The maximum atomic E-state index is 14.5. The van der Waals surface area contributed by atoms with E-state index in [0.717, 1.165) is 13.1 Å². The summed E-state index contributed by atoms with van der Waals surface area (Å²) in [4.78, 5) is 13.0. The van der Waals surface area contributed by atoms with Crippen LogP contribution < -0.4 is 0 Å². The number of rotatable bonds is 4. The standard InChI is InChI=1S/C16H24BFN4O3/c1-11(23)21-7-12(8-21)9-22-10-13(19-20-22)6-14(18)17-24-15(2,3)16(4,5)25-17/h6,10,12H,7-9H2,1-5H3. The molecule has 0 unspecified atom stereocenters. The van der Waals surface area contributed by atoms with Crippen LogP contribution in [0.25, 0.3) is 6.08 Å². The molecule has 3 rings (SSSR count). The van der Waals surface area contributed by atoms with Gasteiger partial charge in [-0.05, 0) is 33.8 Å². The molecule has 0 atom stereocenters. The average molecular weight is 350 g/mol. The van der Waals surface area contributed by atoms with Crippen molar-refractivity contribution in [2.24, 2.45) is 5.92 Å². The number of hydrogen-bond acceptors (Lipinski definition) is 5. The average Bonchev–Trinajstić information content (AvgIpc) is 2.95. The molecule has 2 aliphatic rings. The van der Waals surface area contributed by atoms with Crippen LogP contribution in [0.5, 0.6) is 0 Å². The summed E-state index contributed by atoms with van der Waals surface area (Å²) >= 11 is 0. The third-order valence-corrected chi connectivity index (χ3v) is 5.17. The fraction of sp³-hybridized carbons (Fsp3) is 0.688. The Morgan fingerprint density at radius 2 is 1.96 bits per heavy atom. The Hall–Kier alpha value is -1.74. The summed E-state index contributed by atoms with van der Waals surface area (Å²) in [6.07, 6.45) is 2.97. The van der Waals surface area contributed by atoms with Gasteiger partial charge in [-0.25, -0.2) is 4.39 Å². The van der Waals surface area contributed by atoms with Crippen LogP contribution in [0, 0.1) is 5.92 Å². The number of nitrogens with zero attached hydrogens (tertiary/aromatic N) is 4. The van der Waals surface area contributed by atoms with E-state index in [9.17, 15) is 9.18 Å². The second kappa shape index (κ2) is 6.21. The lowest BCUT2D eigenvalue weighted by atomic mass is 9.87. The molecular formula is C16H24BFN4O3. The van der Waals surface area contributed by atoms with Gasteiger partial charge in [0.15, 0.2) is 0 Å². The Bertz CT molecular complexity index is 681. The van der Waals surface area contributed by atoms with Gasteiger partial charge in [-0.15, -0.1) is 5.10 Å². The van der Waals surface area contributed by atoms with Crippen LogP contribution in [-0.2, 0) is 20.6 Å². The molecule has 0 bridgehead atoms. The highest BCUT2D eigenvalue weighted by Crippen LogP contribution is 2.38. The summed E-state index contributed by atoms with van der Waals surface area (Å²) in [5.41, 5.74) is -1.30. The molecule has 7 nitrogen and oxygen atoms in total. The van der Waals surface area contributed by atoms with Crippen molar-refractivity contribution in [2.75, 3.05) is 13.1 Å². The Kier molecular flexibility index (Phi) is 4.49. The molecule has 0 radical (unpaired) electrons. The predicted octanol–water partition coefficient (Wildman–Crippen LogP) is 1.70. The molecule has 9 heteroatoms. The van der Waals surface area contributed by atoms with Gasteiger partial charge in [-0.1, -0.05) is 5.21 Å². The van der Waals surface area contributed by atoms with Crippen molar-refractivity contribution in [3.8, 4) is 0 Å². The van der Waals surface area contributed by atoms with Crippen LogP contribution in [0.15, 0.2) is 11.9 Å². The maximum absolute atomic E-state index is 14.5. The van der Waals surface area contributed by atoms with Gasteiger partial charge in [-0.2, -0.15) is 0 Å². The second-order valence-electron chi connectivity index (χ2n) is 7.77. The van der Waals surface area contributed by atoms with Crippen LogP contribution in [0.1, 0.15) is 40.3 Å². The van der Waals surface area contributed by atoms with Crippen LogP contribution in [0.3, 0.4) is 0 Å². The van der Waals surface area contributed by atoms with Crippen LogP contribution in [0.2, 0.25) is 0 Å². The lowest BCUT2D eigenvalue weighted by Gasteiger charge is -2.38. The predicted molar refractivity (Wildman–Crippen MR) is 90.9 cm³/mol. The first-order valence-electron chi connectivity index (χ1n) is 8.46. The topological polar surface area (TPSA) is 69.5 Å². The minimum atomic E-state index is -1.04. The molecule has 0 N–H and O–H groups in total. The van der Waals surface area contributed by atoms with Crippen molar-refractivity contribution in [3.63, 3.8) is 0 Å². The van der Waals surface area contributed by atoms with Gasteiger partial charge < -0.3 is 14.2 Å². The summed E-state index contributed by atoms with van der Waals surface area (Å²) < 4.78 is 27.5. The summed E-state index contributed by atoms with van der Waals surface area (Å²) in [6.45, 7) is 11.2. The van der Waals surface area contributed by atoms with E-state index in [1.54, 1.807) is 22.7 Å². The van der Waals surface area contributed by atoms with E-state index in [1.165, 1.54) is 6.08 Å². The van der Waals surface area contributed by atoms with Crippen LogP contribution in [0.4, 0.5) is 4.39 Å². The lowest BCUT2D eigenvalue weighted by Crippen LogP contribution is -2.50. The number of likely N-dealkylation sites (tertiary alicyclic amines) is 1. The summed E-state index contributed by atoms with van der Waals surface area (Å²) in [7, 11) is -1.04. The molecule has 0 saturated carbocycles. The van der Waals surface area contributed by atoms with Crippen LogP contribution in [-0.4, -0.2) is 57.2 Å². The Labute approximate surface area is 147 Å². The Balaban J connectivity index is 1.59. The molecular weight excluding hydrogens is 326 g/mol. The summed E-state index contributed by atoms with van der Waals surface area (Å²) in [5.74, 6) is 0.443. The molecule has 2 aliphatic heterocycles. The number of aromatic nitrogens is 3. The number of hydrogen-bond donors (Lipinski definition) is 0. The van der Waals surface area contributed by atoms with Gasteiger partial charge >= 0.3 is 7.12 Å². The molecule has 0 spiro atoms. The van der Waals surface area contributed by atoms with Crippen molar-refractivity contribution >= 4 is 19.1 Å². The van der Waals surface area contributed by atoms with Crippen molar-refractivity contribution in [1.82, 2.24) is 19.9 Å². The molecule has 3 heterocycles. The van der Waals surface area contributed by atoms with E-state index in [4.69, 9.17) is 9.31 Å². The van der Waals surface area contributed by atoms with E-state index in [2.05, 4.69) is 10.3 Å². The normalized spacial score (nSPS) is 23.0. The first kappa shape index (κ1) is 18.1. The van der Waals surface area contributed by atoms with Crippen molar-refractivity contribution in [3.05, 3.63) is 17.6 Å². The molecule has 25 heavy (non-hydrogen) atoms. The molecule has 1 aromatic rings. The fourth-order valence-electron chi connectivity index (χ4n) is 2.84. The van der Waals surface area contributed by atoms with E-state index < -0.39 is 24.0 Å².